The van der Waals surface area contributed by atoms with E-state index in [1.807, 2.05) is 4.90 Å². The van der Waals surface area contributed by atoms with Crippen LogP contribution in [0.2, 0.25) is 5.02 Å². The van der Waals surface area contributed by atoms with Crippen LogP contribution in [0.1, 0.15) is 37.8 Å². The van der Waals surface area contributed by atoms with Crippen LogP contribution in [0.4, 0.5) is 10.5 Å². The lowest BCUT2D eigenvalue weighted by Crippen LogP contribution is -2.39. The molecule has 2 N–H and O–H groups in total. The second-order valence-corrected chi connectivity index (χ2v) is 6.57. The van der Waals surface area contributed by atoms with E-state index in [9.17, 15) is 9.59 Å². The van der Waals surface area contributed by atoms with E-state index in [0.29, 0.717) is 24.5 Å². The zero-order valence-corrected chi connectivity index (χ0v) is 13.9. The molecular weight excluding hydrogens is 320 g/mol. The van der Waals surface area contributed by atoms with Crippen molar-refractivity contribution in [3.63, 3.8) is 0 Å². The van der Waals surface area contributed by atoms with Gasteiger partial charge in [-0.3, -0.25) is 4.79 Å². The fraction of sp³-hybridized carbons (Fsp3) is 0.667. The molecule has 3 rings (SSSR count). The molecule has 1 aliphatic carbocycles. The fourth-order valence-corrected chi connectivity index (χ4v) is 3.61. The van der Waals surface area contributed by atoms with Crippen LogP contribution in [0.5, 0.6) is 0 Å². The molecule has 1 amide bonds. The maximum absolute atomic E-state index is 11.9. The fourth-order valence-electron chi connectivity index (χ4n) is 3.31. The molecule has 8 heteroatoms. The minimum atomic E-state index is -0.399. The molecule has 0 bridgehead atoms. The summed E-state index contributed by atoms with van der Waals surface area (Å²) in [6.07, 6.45) is 4.65. The average Bonchev–Trinajstić information content (AvgIpc) is 3.16. The Hall–Kier alpha value is -1.76. The van der Waals surface area contributed by atoms with Crippen molar-refractivity contribution >= 4 is 23.4 Å². The number of aromatic nitrogens is 2. The highest BCUT2D eigenvalue weighted by Crippen LogP contribution is 2.28. The molecule has 0 radical (unpaired) electrons. The topological polar surface area (TPSA) is 87.3 Å². The van der Waals surface area contributed by atoms with E-state index in [-0.39, 0.29) is 23.3 Å². The van der Waals surface area contributed by atoms with E-state index in [1.54, 1.807) is 6.92 Å². The second kappa shape index (κ2) is 6.78. The predicted molar refractivity (Wildman–Crippen MR) is 87.1 cm³/mol. The van der Waals surface area contributed by atoms with Crippen LogP contribution in [-0.2, 0) is 4.74 Å². The van der Waals surface area contributed by atoms with Crippen LogP contribution in [0.25, 0.3) is 0 Å². The molecule has 1 aliphatic heterocycles. The van der Waals surface area contributed by atoms with E-state index in [4.69, 9.17) is 16.3 Å². The minimum Gasteiger partial charge on any atom is -0.446 e. The van der Waals surface area contributed by atoms with Crippen LogP contribution in [0.15, 0.2) is 4.79 Å². The van der Waals surface area contributed by atoms with Crippen molar-refractivity contribution in [2.45, 2.75) is 51.2 Å². The normalized spacial score (nSPS) is 21.7. The van der Waals surface area contributed by atoms with Crippen LogP contribution < -0.4 is 15.8 Å². The zero-order chi connectivity index (χ0) is 16.4. The third kappa shape index (κ3) is 3.60. The van der Waals surface area contributed by atoms with Crippen molar-refractivity contribution in [1.82, 2.24) is 15.5 Å². The summed E-state index contributed by atoms with van der Waals surface area (Å²) >= 11 is 6.11. The number of hydrogen-bond donors (Lipinski definition) is 2. The van der Waals surface area contributed by atoms with Gasteiger partial charge in [0.15, 0.2) is 0 Å². The van der Waals surface area contributed by atoms with Gasteiger partial charge in [0.25, 0.3) is 5.56 Å². The Bertz CT molecular complexity index is 642. The minimum absolute atomic E-state index is 0.0151. The van der Waals surface area contributed by atoms with Gasteiger partial charge in [0.05, 0.1) is 17.4 Å². The van der Waals surface area contributed by atoms with Crippen molar-refractivity contribution < 1.29 is 9.53 Å². The van der Waals surface area contributed by atoms with E-state index in [2.05, 4.69) is 15.5 Å². The van der Waals surface area contributed by atoms with Gasteiger partial charge in [-0.25, -0.2) is 9.89 Å². The van der Waals surface area contributed by atoms with E-state index in [0.717, 1.165) is 32.1 Å². The number of aromatic amines is 1. The molecule has 2 heterocycles. The number of rotatable bonds is 3. The van der Waals surface area contributed by atoms with Gasteiger partial charge in [-0.05, 0) is 39.0 Å². The SMILES string of the molecule is Cc1n[nH]c(=O)c(Cl)c1N1CC[C@@H](NC(=O)OC2CCCC2)C1. The summed E-state index contributed by atoms with van der Waals surface area (Å²) in [4.78, 5) is 25.6. The van der Waals surface area contributed by atoms with E-state index < -0.39 is 5.56 Å². The largest absolute Gasteiger partial charge is 0.446 e. The average molecular weight is 341 g/mol. The molecule has 1 saturated heterocycles. The van der Waals surface area contributed by atoms with Gasteiger partial charge in [0.1, 0.15) is 11.1 Å². The number of aryl methyl sites for hydroxylation is 1. The number of nitrogens with one attached hydrogen (secondary N) is 2. The highest BCUT2D eigenvalue weighted by molar-refractivity contribution is 6.33. The van der Waals surface area contributed by atoms with Gasteiger partial charge >= 0.3 is 6.09 Å². The number of alkyl carbamates (subject to hydrolysis) is 1. The molecule has 0 spiro atoms. The molecule has 2 fully saturated rings. The van der Waals surface area contributed by atoms with Gasteiger partial charge < -0.3 is 15.0 Å². The predicted octanol–water partition coefficient (Wildman–Crippen LogP) is 1.98. The van der Waals surface area contributed by atoms with Gasteiger partial charge in [-0.1, -0.05) is 11.6 Å². The van der Waals surface area contributed by atoms with Crippen LogP contribution in [0, 0.1) is 6.92 Å². The lowest BCUT2D eigenvalue weighted by molar-refractivity contribution is 0.0985. The first-order valence-corrected chi connectivity index (χ1v) is 8.39. The van der Waals surface area contributed by atoms with E-state index in [1.165, 1.54) is 0 Å². The van der Waals surface area contributed by atoms with Crippen LogP contribution in [0.3, 0.4) is 0 Å². The van der Waals surface area contributed by atoms with Crippen molar-refractivity contribution in [2.24, 2.45) is 0 Å². The summed E-state index contributed by atoms with van der Waals surface area (Å²) < 4.78 is 5.42. The molecule has 1 aromatic rings. The summed E-state index contributed by atoms with van der Waals surface area (Å²) in [5.74, 6) is 0. The van der Waals surface area contributed by atoms with Crippen LogP contribution in [-0.4, -0.2) is 41.5 Å². The molecular formula is C15H21ClN4O3. The molecule has 1 atom stereocenters. The Morgan fingerprint density at radius 3 is 2.87 bits per heavy atom. The molecule has 1 saturated carbocycles. The third-order valence-electron chi connectivity index (χ3n) is 4.48. The summed E-state index contributed by atoms with van der Waals surface area (Å²) in [6, 6.07) is -0.0151. The first-order valence-electron chi connectivity index (χ1n) is 8.01. The van der Waals surface area contributed by atoms with Gasteiger partial charge in [0, 0.05) is 13.1 Å². The number of nitrogens with zero attached hydrogens (tertiary/aromatic N) is 2. The van der Waals surface area contributed by atoms with Gasteiger partial charge in [-0.2, -0.15) is 5.10 Å². The Labute approximate surface area is 139 Å². The Kier molecular flexibility index (Phi) is 4.75. The Morgan fingerprint density at radius 1 is 1.39 bits per heavy atom. The zero-order valence-electron chi connectivity index (χ0n) is 13.1. The standard InChI is InChI=1S/C15H21ClN4O3/c1-9-13(12(16)14(21)19-18-9)20-7-6-10(8-20)17-15(22)23-11-4-2-3-5-11/h10-11H,2-8H2,1H3,(H,17,22)(H,19,21)/t10-/m1/s1. The summed E-state index contributed by atoms with van der Waals surface area (Å²) in [5, 5.41) is 9.38. The van der Waals surface area contributed by atoms with E-state index >= 15 is 0 Å². The Morgan fingerprint density at radius 2 is 2.13 bits per heavy atom. The number of anilines is 1. The smallest absolute Gasteiger partial charge is 0.407 e. The maximum atomic E-state index is 11.9. The molecule has 126 valence electrons. The first kappa shape index (κ1) is 16.1. The van der Waals surface area contributed by atoms with Crippen LogP contribution >= 0.6 is 11.6 Å². The molecule has 7 nitrogen and oxygen atoms in total. The lowest BCUT2D eigenvalue weighted by atomic mass is 10.3. The summed E-state index contributed by atoms with van der Waals surface area (Å²) in [5.41, 5.74) is 0.914. The quantitative estimate of drug-likeness (QED) is 0.878. The number of H-pyrrole nitrogens is 1. The number of carbonyl (C=O) groups is 1. The number of halogens is 1. The van der Waals surface area contributed by atoms with Crippen molar-refractivity contribution in [3.05, 3.63) is 21.1 Å². The summed E-state index contributed by atoms with van der Waals surface area (Å²) in [6.45, 7) is 3.10. The Balaban J connectivity index is 1.59. The molecule has 2 aliphatic rings. The van der Waals surface area contributed by atoms with Gasteiger partial charge in [-0.15, -0.1) is 0 Å². The summed E-state index contributed by atoms with van der Waals surface area (Å²) in [7, 11) is 0. The molecule has 23 heavy (non-hydrogen) atoms. The van der Waals surface area contributed by atoms with Crippen molar-refractivity contribution in [2.75, 3.05) is 18.0 Å². The molecule has 0 unspecified atom stereocenters. The number of carbonyl (C=O) groups excluding carboxylic acids is 1. The highest BCUT2D eigenvalue weighted by atomic mass is 35.5. The third-order valence-corrected chi connectivity index (χ3v) is 4.83. The monoisotopic (exact) mass is 340 g/mol. The van der Waals surface area contributed by atoms with Gasteiger partial charge in [0.2, 0.25) is 0 Å². The lowest BCUT2D eigenvalue weighted by Gasteiger charge is -2.21. The number of amides is 1. The maximum Gasteiger partial charge on any atom is 0.407 e. The second-order valence-electron chi connectivity index (χ2n) is 6.19. The molecule has 1 aromatic heterocycles. The number of hydrogen-bond acceptors (Lipinski definition) is 5. The van der Waals surface area contributed by atoms with Crippen molar-refractivity contribution in [1.29, 1.82) is 0 Å². The molecule has 0 aromatic carbocycles. The highest BCUT2D eigenvalue weighted by Gasteiger charge is 2.29. The van der Waals surface area contributed by atoms with Crippen molar-refractivity contribution in [3.8, 4) is 0 Å². The number of ether oxygens (including phenoxy) is 1. The first-order chi connectivity index (χ1) is 11.0.